The number of rotatable bonds is 4. The molecule has 0 aliphatic carbocycles. The summed E-state index contributed by atoms with van der Waals surface area (Å²) in [6.45, 7) is 0. The van der Waals surface area contributed by atoms with E-state index in [4.69, 9.17) is 9.84 Å². The Bertz CT molecular complexity index is 771. The van der Waals surface area contributed by atoms with Gasteiger partial charge in [-0.2, -0.15) is 4.98 Å². The van der Waals surface area contributed by atoms with E-state index in [1.165, 1.54) is 29.3 Å². The molecule has 0 amide bonds. The van der Waals surface area contributed by atoms with Gasteiger partial charge in [-0.1, -0.05) is 18.2 Å². The average Bonchev–Trinajstić information content (AvgIpc) is 2.97. The fraction of sp³-hybridized carbons (Fsp3) is 0. The molecule has 21 heavy (non-hydrogen) atoms. The molecule has 3 rings (SSSR count). The molecule has 3 aromatic rings. The quantitative estimate of drug-likeness (QED) is 0.788. The zero-order valence-corrected chi connectivity index (χ0v) is 10.7. The van der Waals surface area contributed by atoms with E-state index in [2.05, 4.69) is 15.1 Å². The first-order chi connectivity index (χ1) is 10.2. The van der Waals surface area contributed by atoms with Crippen LogP contribution in [0.1, 0.15) is 10.4 Å². The number of carbonyl (C=O) groups is 1. The fourth-order valence-corrected chi connectivity index (χ4v) is 1.72. The third-order valence-corrected chi connectivity index (χ3v) is 2.68. The number of aromatic nitrogens is 4. The van der Waals surface area contributed by atoms with E-state index in [9.17, 15) is 4.79 Å². The molecule has 1 N–H and O–H groups in total. The number of hydrogen-bond donors (Lipinski definition) is 1. The summed E-state index contributed by atoms with van der Waals surface area (Å²) in [4.78, 5) is 18.9. The smallest absolute Gasteiger partial charge is 0.342 e. The van der Waals surface area contributed by atoms with Gasteiger partial charge in [0, 0.05) is 6.20 Å². The van der Waals surface area contributed by atoms with Crippen LogP contribution in [0.3, 0.4) is 0 Å². The summed E-state index contributed by atoms with van der Waals surface area (Å²) in [6.07, 6.45) is 2.92. The topological polar surface area (TPSA) is 90.1 Å². The van der Waals surface area contributed by atoms with Crippen LogP contribution >= 0.6 is 0 Å². The second-order valence-electron chi connectivity index (χ2n) is 4.07. The van der Waals surface area contributed by atoms with Crippen LogP contribution in [-0.2, 0) is 0 Å². The maximum atomic E-state index is 11.1. The molecule has 0 saturated heterocycles. The molecule has 2 heterocycles. The van der Waals surface area contributed by atoms with Gasteiger partial charge in [0.1, 0.15) is 11.9 Å². The van der Waals surface area contributed by atoms with Gasteiger partial charge in [0.25, 0.3) is 0 Å². The Hall–Kier alpha value is -3.22. The second kappa shape index (κ2) is 5.41. The Morgan fingerprint density at radius 3 is 2.67 bits per heavy atom. The van der Waals surface area contributed by atoms with Crippen molar-refractivity contribution >= 4 is 5.97 Å². The molecule has 2 aromatic heterocycles. The number of pyridine rings is 1. The van der Waals surface area contributed by atoms with E-state index < -0.39 is 5.97 Å². The van der Waals surface area contributed by atoms with Crippen LogP contribution in [0.15, 0.2) is 55.0 Å². The monoisotopic (exact) mass is 282 g/mol. The lowest BCUT2D eigenvalue weighted by molar-refractivity contribution is 0.0693. The van der Waals surface area contributed by atoms with Crippen LogP contribution in [0, 0.1) is 0 Å². The Morgan fingerprint density at radius 1 is 1.10 bits per heavy atom. The summed E-state index contributed by atoms with van der Waals surface area (Å²) in [7, 11) is 0. The minimum atomic E-state index is -1.12. The second-order valence-corrected chi connectivity index (χ2v) is 4.07. The Morgan fingerprint density at radius 2 is 1.90 bits per heavy atom. The van der Waals surface area contributed by atoms with Gasteiger partial charge in [-0.3, -0.25) is 0 Å². The Balaban J connectivity index is 1.87. The summed E-state index contributed by atoms with van der Waals surface area (Å²) >= 11 is 0. The van der Waals surface area contributed by atoms with Gasteiger partial charge in [-0.25, -0.2) is 14.5 Å². The van der Waals surface area contributed by atoms with Crippen molar-refractivity contribution in [2.75, 3.05) is 0 Å². The molecule has 0 fully saturated rings. The van der Waals surface area contributed by atoms with Crippen molar-refractivity contribution in [3.63, 3.8) is 0 Å². The number of hydrogen-bond acceptors (Lipinski definition) is 5. The molecule has 0 atom stereocenters. The number of nitrogens with zero attached hydrogens (tertiary/aromatic N) is 4. The van der Waals surface area contributed by atoms with E-state index in [1.54, 1.807) is 0 Å². The zero-order valence-electron chi connectivity index (χ0n) is 10.7. The third-order valence-electron chi connectivity index (χ3n) is 2.68. The van der Waals surface area contributed by atoms with Crippen LogP contribution in [0.4, 0.5) is 0 Å². The molecule has 0 spiro atoms. The molecular weight excluding hydrogens is 272 g/mol. The SMILES string of the molecule is O=C(O)c1cccnc1Oc1ncn(-c2ccccc2)n1. The highest BCUT2D eigenvalue weighted by molar-refractivity contribution is 5.90. The maximum absolute atomic E-state index is 11.1. The average molecular weight is 282 g/mol. The summed E-state index contributed by atoms with van der Waals surface area (Å²) in [6, 6.07) is 12.3. The van der Waals surface area contributed by atoms with Gasteiger partial charge in [-0.05, 0) is 24.3 Å². The van der Waals surface area contributed by atoms with Crippen molar-refractivity contribution in [1.29, 1.82) is 0 Å². The van der Waals surface area contributed by atoms with Crippen molar-refractivity contribution in [1.82, 2.24) is 19.7 Å². The molecule has 0 saturated carbocycles. The molecule has 0 bridgehead atoms. The lowest BCUT2D eigenvalue weighted by Crippen LogP contribution is -2.02. The first kappa shape index (κ1) is 12.8. The van der Waals surface area contributed by atoms with E-state index in [0.717, 1.165) is 5.69 Å². The van der Waals surface area contributed by atoms with Crippen LogP contribution in [0.2, 0.25) is 0 Å². The predicted molar refractivity (Wildman–Crippen MR) is 72.6 cm³/mol. The molecule has 0 radical (unpaired) electrons. The van der Waals surface area contributed by atoms with E-state index in [-0.39, 0.29) is 17.5 Å². The summed E-state index contributed by atoms with van der Waals surface area (Å²) in [5.74, 6) is -1.17. The highest BCUT2D eigenvalue weighted by atomic mass is 16.5. The highest BCUT2D eigenvalue weighted by Crippen LogP contribution is 2.20. The van der Waals surface area contributed by atoms with Crippen LogP contribution in [-0.4, -0.2) is 30.8 Å². The van der Waals surface area contributed by atoms with Crippen molar-refractivity contribution in [3.8, 4) is 17.6 Å². The molecule has 0 aliphatic heterocycles. The molecule has 1 aromatic carbocycles. The van der Waals surface area contributed by atoms with Gasteiger partial charge in [-0.15, -0.1) is 5.10 Å². The predicted octanol–water partition coefficient (Wildman–Crippen LogP) is 2.15. The highest BCUT2D eigenvalue weighted by Gasteiger charge is 2.14. The summed E-state index contributed by atoms with van der Waals surface area (Å²) in [5.41, 5.74) is 0.771. The lowest BCUT2D eigenvalue weighted by Gasteiger charge is -2.03. The van der Waals surface area contributed by atoms with Gasteiger partial charge < -0.3 is 9.84 Å². The molecule has 7 heteroatoms. The Kier molecular flexibility index (Phi) is 3.30. The van der Waals surface area contributed by atoms with Gasteiger partial charge in [0.05, 0.1) is 5.69 Å². The zero-order chi connectivity index (χ0) is 14.7. The minimum absolute atomic E-state index is 0.0278. The third kappa shape index (κ3) is 2.71. The first-order valence-electron chi connectivity index (χ1n) is 6.07. The van der Waals surface area contributed by atoms with E-state index in [0.29, 0.717) is 0 Å². The molecule has 0 aliphatic rings. The van der Waals surface area contributed by atoms with Crippen molar-refractivity contribution in [2.24, 2.45) is 0 Å². The molecule has 7 nitrogen and oxygen atoms in total. The van der Waals surface area contributed by atoms with Gasteiger partial charge in [0.2, 0.25) is 5.88 Å². The lowest BCUT2D eigenvalue weighted by atomic mass is 10.3. The number of benzene rings is 1. The van der Waals surface area contributed by atoms with Crippen molar-refractivity contribution in [3.05, 3.63) is 60.6 Å². The largest absolute Gasteiger partial charge is 0.477 e. The fourth-order valence-electron chi connectivity index (χ4n) is 1.72. The number of carboxylic acid groups (broad SMARTS) is 1. The minimum Gasteiger partial charge on any atom is -0.477 e. The first-order valence-corrected chi connectivity index (χ1v) is 6.07. The van der Waals surface area contributed by atoms with Gasteiger partial charge in [0.15, 0.2) is 0 Å². The van der Waals surface area contributed by atoms with Crippen LogP contribution in [0.5, 0.6) is 11.9 Å². The van der Waals surface area contributed by atoms with Crippen LogP contribution in [0.25, 0.3) is 5.69 Å². The van der Waals surface area contributed by atoms with E-state index >= 15 is 0 Å². The van der Waals surface area contributed by atoms with Crippen LogP contribution < -0.4 is 4.74 Å². The molecular formula is C14H10N4O3. The number of ether oxygens (including phenoxy) is 1. The normalized spacial score (nSPS) is 10.3. The van der Waals surface area contributed by atoms with E-state index in [1.807, 2.05) is 30.3 Å². The number of aromatic carboxylic acids is 1. The number of para-hydroxylation sites is 1. The van der Waals surface area contributed by atoms with Crippen molar-refractivity contribution in [2.45, 2.75) is 0 Å². The Labute approximate surface area is 119 Å². The maximum Gasteiger partial charge on any atom is 0.342 e. The summed E-state index contributed by atoms with van der Waals surface area (Å²) in [5, 5.41) is 13.2. The van der Waals surface area contributed by atoms with Crippen molar-refractivity contribution < 1.29 is 14.6 Å². The number of carboxylic acids is 1. The van der Waals surface area contributed by atoms with Gasteiger partial charge >= 0.3 is 12.0 Å². The summed E-state index contributed by atoms with van der Waals surface area (Å²) < 4.78 is 6.86. The molecule has 104 valence electrons. The standard InChI is InChI=1S/C14H10N4O3/c19-13(20)11-7-4-8-15-12(11)21-14-16-9-18(17-14)10-5-2-1-3-6-10/h1-9H,(H,19,20). The molecule has 0 unspecified atom stereocenters.